The van der Waals surface area contributed by atoms with Crippen molar-refractivity contribution in [2.75, 3.05) is 55.4 Å². The molecule has 3 aromatic rings. The van der Waals surface area contributed by atoms with Crippen LogP contribution in [0.4, 0.5) is 17.2 Å². The Bertz CT molecular complexity index is 1270. The maximum absolute atomic E-state index is 10.3. The number of hydrogen-bond acceptors (Lipinski definition) is 9. The molecule has 2 saturated heterocycles. The lowest BCUT2D eigenvalue weighted by Crippen LogP contribution is -2.54. The average Bonchev–Trinajstić information content (AvgIpc) is 3.14. The lowest BCUT2D eigenvalue weighted by Gasteiger charge is -2.43. The van der Waals surface area contributed by atoms with Crippen LogP contribution in [-0.2, 0) is 0 Å². The van der Waals surface area contributed by atoms with E-state index in [9.17, 15) is 5.11 Å². The third kappa shape index (κ3) is 4.91. The molecule has 36 heavy (non-hydrogen) atoms. The number of piperazine rings is 1. The number of nitrogens with two attached hydrogens (primary N) is 1. The fourth-order valence-corrected chi connectivity index (χ4v) is 5.15. The third-order valence-corrected chi connectivity index (χ3v) is 6.89. The number of rotatable bonds is 6. The summed E-state index contributed by atoms with van der Waals surface area (Å²) >= 11 is 0. The molecule has 4 N–H and O–H groups in total. The second-order valence-electron chi connectivity index (χ2n) is 9.38. The van der Waals surface area contributed by atoms with Gasteiger partial charge in [-0.3, -0.25) is 4.90 Å². The maximum Gasteiger partial charge on any atom is 0.169 e. The van der Waals surface area contributed by atoms with E-state index in [1.165, 1.54) is 0 Å². The summed E-state index contributed by atoms with van der Waals surface area (Å²) in [5.74, 6) is 6.87. The van der Waals surface area contributed by atoms with Gasteiger partial charge in [0.2, 0.25) is 0 Å². The van der Waals surface area contributed by atoms with Crippen LogP contribution in [0.1, 0.15) is 18.5 Å². The second kappa shape index (κ2) is 10.4. The first-order chi connectivity index (χ1) is 17.5. The second-order valence-corrected chi connectivity index (χ2v) is 9.38. The fourth-order valence-electron chi connectivity index (χ4n) is 5.15. The predicted octanol–water partition coefficient (Wildman–Crippen LogP) is 1.96. The Balaban J connectivity index is 1.34. The summed E-state index contributed by atoms with van der Waals surface area (Å²) in [4.78, 5) is 11.2. The zero-order chi connectivity index (χ0) is 25.1. The van der Waals surface area contributed by atoms with Gasteiger partial charge in [0.1, 0.15) is 11.4 Å². The highest BCUT2D eigenvalue weighted by atomic mass is 16.3. The Kier molecular flexibility index (Phi) is 6.89. The van der Waals surface area contributed by atoms with Crippen LogP contribution in [0.2, 0.25) is 0 Å². The normalized spacial score (nSPS) is 18.9. The summed E-state index contributed by atoms with van der Waals surface area (Å²) in [5, 5.41) is 27.7. The number of para-hydroxylation sites is 1. The molecule has 9 heteroatoms. The van der Waals surface area contributed by atoms with Gasteiger partial charge < -0.3 is 25.7 Å². The Morgan fingerprint density at radius 2 is 1.89 bits per heavy atom. The standard InChI is InChI=1S/C27H31N7O2/c1-32(13-14-35)12-4-5-19-15-20(10-11-29-19)34-21-8-9-22(34)18-33(17-21)25-16-24(30-31-27(25)28)23-6-2-3-7-26(23)36/h2-3,6-7,10-11,15-16,21-22,35-36H,8-9,12-14,17-18H2,1H3,(H2,28,31). The van der Waals surface area contributed by atoms with E-state index >= 15 is 0 Å². The lowest BCUT2D eigenvalue weighted by molar-refractivity contribution is 0.234. The van der Waals surface area contributed by atoms with E-state index in [-0.39, 0.29) is 12.4 Å². The van der Waals surface area contributed by atoms with Crippen LogP contribution in [-0.4, -0.2) is 82.2 Å². The number of likely N-dealkylation sites (N-methyl/N-ethyl adjacent to an activating group) is 1. The van der Waals surface area contributed by atoms with E-state index in [1.807, 2.05) is 36.3 Å². The van der Waals surface area contributed by atoms with E-state index in [0.717, 1.165) is 43.0 Å². The van der Waals surface area contributed by atoms with Crippen molar-refractivity contribution in [3.63, 3.8) is 0 Å². The topological polar surface area (TPSA) is 115 Å². The zero-order valence-corrected chi connectivity index (χ0v) is 20.4. The molecule has 2 unspecified atom stereocenters. The molecule has 2 fully saturated rings. The summed E-state index contributed by atoms with van der Waals surface area (Å²) < 4.78 is 0. The number of benzene rings is 1. The first kappa shape index (κ1) is 23.9. The van der Waals surface area contributed by atoms with Crippen molar-refractivity contribution >= 4 is 17.2 Å². The van der Waals surface area contributed by atoms with E-state index in [2.05, 4.69) is 49.0 Å². The molecule has 2 aliphatic heterocycles. The largest absolute Gasteiger partial charge is 0.507 e. The molecule has 0 radical (unpaired) electrons. The van der Waals surface area contributed by atoms with Gasteiger partial charge in [0.15, 0.2) is 5.82 Å². The molecule has 1 aromatic carbocycles. The number of aromatic nitrogens is 3. The lowest BCUT2D eigenvalue weighted by atomic mass is 10.1. The van der Waals surface area contributed by atoms with Gasteiger partial charge in [0.25, 0.3) is 0 Å². The first-order valence-electron chi connectivity index (χ1n) is 12.2. The predicted molar refractivity (Wildman–Crippen MR) is 141 cm³/mol. The molecular weight excluding hydrogens is 454 g/mol. The monoisotopic (exact) mass is 485 g/mol. The zero-order valence-electron chi connectivity index (χ0n) is 20.4. The molecule has 2 aromatic heterocycles. The Morgan fingerprint density at radius 1 is 1.11 bits per heavy atom. The molecule has 2 atom stereocenters. The quantitative estimate of drug-likeness (QED) is 0.451. The number of pyridine rings is 1. The Hall–Kier alpha value is -3.87. The maximum atomic E-state index is 10.3. The molecule has 186 valence electrons. The number of aliphatic hydroxyl groups excluding tert-OH is 1. The van der Waals surface area contributed by atoms with E-state index in [0.29, 0.717) is 42.2 Å². The van der Waals surface area contributed by atoms with Gasteiger partial charge >= 0.3 is 0 Å². The van der Waals surface area contributed by atoms with Crippen molar-refractivity contribution in [2.24, 2.45) is 0 Å². The summed E-state index contributed by atoms with van der Waals surface area (Å²) in [6.45, 7) is 2.95. The van der Waals surface area contributed by atoms with Gasteiger partial charge in [-0.25, -0.2) is 4.98 Å². The molecule has 4 heterocycles. The minimum absolute atomic E-state index is 0.123. The van der Waals surface area contributed by atoms with Gasteiger partial charge in [-0.05, 0) is 56.1 Å². The van der Waals surface area contributed by atoms with Crippen LogP contribution in [0.25, 0.3) is 11.3 Å². The van der Waals surface area contributed by atoms with Crippen molar-refractivity contribution in [1.29, 1.82) is 0 Å². The van der Waals surface area contributed by atoms with Crippen molar-refractivity contribution in [3.8, 4) is 28.8 Å². The highest BCUT2D eigenvalue weighted by Crippen LogP contribution is 2.38. The Labute approximate surface area is 211 Å². The van der Waals surface area contributed by atoms with Crippen molar-refractivity contribution in [3.05, 3.63) is 54.4 Å². The van der Waals surface area contributed by atoms with Gasteiger partial charge in [-0.2, -0.15) is 0 Å². The van der Waals surface area contributed by atoms with E-state index in [4.69, 9.17) is 10.8 Å². The molecule has 9 nitrogen and oxygen atoms in total. The molecule has 2 aliphatic rings. The summed E-state index contributed by atoms with van der Waals surface area (Å²) in [7, 11) is 1.93. The number of phenols is 1. The first-order valence-corrected chi connectivity index (χ1v) is 12.2. The number of anilines is 3. The van der Waals surface area contributed by atoms with Crippen LogP contribution in [0.15, 0.2) is 48.7 Å². The van der Waals surface area contributed by atoms with Crippen molar-refractivity contribution in [1.82, 2.24) is 20.1 Å². The van der Waals surface area contributed by atoms with Gasteiger partial charge in [0.05, 0.1) is 24.5 Å². The molecule has 0 saturated carbocycles. The van der Waals surface area contributed by atoms with E-state index in [1.54, 1.807) is 12.1 Å². The SMILES string of the molecule is CN(CC#Cc1cc(N2C3CCC2CN(c2cc(-c4ccccc4O)nnc2N)C3)ccn1)CCO. The Morgan fingerprint density at radius 3 is 2.64 bits per heavy atom. The number of phenolic OH excluding ortho intramolecular Hbond substituents is 1. The number of aromatic hydroxyl groups is 1. The number of nitrogen functional groups attached to an aromatic ring is 1. The fraction of sp³-hybridized carbons (Fsp3) is 0.370. The minimum atomic E-state index is 0.123. The van der Waals surface area contributed by atoms with Gasteiger partial charge in [-0.1, -0.05) is 18.1 Å². The molecule has 0 spiro atoms. The number of aliphatic hydroxyl groups is 1. The number of nitrogens with zero attached hydrogens (tertiary/aromatic N) is 6. The minimum Gasteiger partial charge on any atom is -0.507 e. The number of hydrogen-bond donors (Lipinski definition) is 3. The summed E-state index contributed by atoms with van der Waals surface area (Å²) in [6.07, 6.45) is 4.02. The highest BCUT2D eigenvalue weighted by Gasteiger charge is 2.40. The molecule has 5 rings (SSSR count). The number of fused-ring (bicyclic) bond motifs is 2. The average molecular weight is 486 g/mol. The van der Waals surface area contributed by atoms with Crippen LogP contribution in [0, 0.1) is 11.8 Å². The molecular formula is C27H31N7O2. The van der Waals surface area contributed by atoms with Crippen molar-refractivity contribution < 1.29 is 10.2 Å². The van der Waals surface area contributed by atoms with Crippen LogP contribution < -0.4 is 15.5 Å². The molecule has 0 amide bonds. The van der Waals surface area contributed by atoms with Crippen LogP contribution >= 0.6 is 0 Å². The highest BCUT2D eigenvalue weighted by molar-refractivity contribution is 5.74. The van der Waals surface area contributed by atoms with Gasteiger partial charge in [0, 0.05) is 49.2 Å². The van der Waals surface area contributed by atoms with E-state index < -0.39 is 0 Å². The summed E-state index contributed by atoms with van der Waals surface area (Å²) in [6, 6.07) is 13.9. The van der Waals surface area contributed by atoms with Crippen LogP contribution in [0.5, 0.6) is 5.75 Å². The molecule has 0 aliphatic carbocycles. The van der Waals surface area contributed by atoms with Crippen molar-refractivity contribution in [2.45, 2.75) is 24.9 Å². The van der Waals surface area contributed by atoms with Gasteiger partial charge in [-0.15, -0.1) is 10.2 Å². The van der Waals surface area contributed by atoms with Crippen LogP contribution in [0.3, 0.4) is 0 Å². The molecule has 2 bridgehead atoms. The third-order valence-electron chi connectivity index (χ3n) is 6.89. The summed E-state index contributed by atoms with van der Waals surface area (Å²) in [5.41, 5.74) is 10.3. The smallest absolute Gasteiger partial charge is 0.169 e.